The molecule has 0 aliphatic rings. The Morgan fingerprint density at radius 1 is 1.44 bits per heavy atom. The third-order valence-corrected chi connectivity index (χ3v) is 3.86. The van der Waals surface area contributed by atoms with Crippen molar-refractivity contribution in [2.75, 3.05) is 5.88 Å². The average molecular weight is 244 g/mol. The number of halogens is 1. The van der Waals surface area contributed by atoms with Crippen LogP contribution < -0.4 is 5.32 Å². The zero-order valence-corrected chi connectivity index (χ0v) is 11.4. The zero-order chi connectivity index (χ0) is 12.2. The number of aryl methyl sites for hydroxylation is 2. The number of aromatic nitrogens is 2. The van der Waals surface area contributed by atoms with Crippen molar-refractivity contribution in [3.63, 3.8) is 0 Å². The minimum Gasteiger partial charge on any atom is -0.304 e. The van der Waals surface area contributed by atoms with E-state index in [-0.39, 0.29) is 5.54 Å². The lowest BCUT2D eigenvalue weighted by Gasteiger charge is -2.30. The smallest absolute Gasteiger partial charge is 0.0597 e. The first kappa shape index (κ1) is 13.5. The number of hydrogen-bond acceptors (Lipinski definition) is 2. The van der Waals surface area contributed by atoms with Gasteiger partial charge in [-0.2, -0.15) is 5.10 Å². The van der Waals surface area contributed by atoms with Gasteiger partial charge in [-0.05, 0) is 25.8 Å². The monoisotopic (exact) mass is 243 g/mol. The SMILES string of the molecule is CCC(CC)(CCl)NCc1cc(C)nn1C. The van der Waals surface area contributed by atoms with E-state index in [0.29, 0.717) is 5.88 Å². The fraction of sp³-hybridized carbons (Fsp3) is 0.750. The molecule has 16 heavy (non-hydrogen) atoms. The first-order valence-corrected chi connectivity index (χ1v) is 6.41. The molecular weight excluding hydrogens is 222 g/mol. The molecule has 1 aromatic heterocycles. The van der Waals surface area contributed by atoms with Crippen molar-refractivity contribution in [2.45, 2.75) is 45.7 Å². The van der Waals surface area contributed by atoms with Crippen LogP contribution in [0.5, 0.6) is 0 Å². The second kappa shape index (κ2) is 5.69. The molecule has 0 fully saturated rings. The Balaban J connectivity index is 2.65. The van der Waals surface area contributed by atoms with Crippen LogP contribution in [0.4, 0.5) is 0 Å². The molecule has 0 aliphatic heterocycles. The number of alkyl halides is 1. The topological polar surface area (TPSA) is 29.9 Å². The Labute approximate surface area is 103 Å². The highest BCUT2D eigenvalue weighted by atomic mass is 35.5. The minimum atomic E-state index is 0.0553. The summed E-state index contributed by atoms with van der Waals surface area (Å²) in [5.41, 5.74) is 2.32. The predicted octanol–water partition coefficient (Wildman–Crippen LogP) is 2.62. The van der Waals surface area contributed by atoms with E-state index in [1.807, 2.05) is 18.7 Å². The summed E-state index contributed by atoms with van der Waals surface area (Å²) in [6.07, 6.45) is 2.09. The first-order chi connectivity index (χ1) is 7.56. The lowest BCUT2D eigenvalue weighted by molar-refractivity contribution is 0.330. The van der Waals surface area contributed by atoms with Crippen molar-refractivity contribution in [1.29, 1.82) is 0 Å². The van der Waals surface area contributed by atoms with Crippen LogP contribution in [0.15, 0.2) is 6.07 Å². The molecule has 1 N–H and O–H groups in total. The Hall–Kier alpha value is -0.540. The number of rotatable bonds is 6. The van der Waals surface area contributed by atoms with Crippen LogP contribution in [0.1, 0.15) is 38.1 Å². The van der Waals surface area contributed by atoms with E-state index in [4.69, 9.17) is 11.6 Å². The fourth-order valence-electron chi connectivity index (χ4n) is 1.84. The normalized spacial score (nSPS) is 12.1. The molecule has 0 amide bonds. The predicted molar refractivity (Wildman–Crippen MR) is 68.8 cm³/mol. The molecule has 0 bridgehead atoms. The molecule has 0 atom stereocenters. The van der Waals surface area contributed by atoms with Gasteiger partial charge in [0.05, 0.1) is 11.4 Å². The molecule has 1 heterocycles. The molecule has 0 saturated carbocycles. The molecule has 0 saturated heterocycles. The highest BCUT2D eigenvalue weighted by Gasteiger charge is 2.24. The van der Waals surface area contributed by atoms with E-state index < -0.39 is 0 Å². The maximum Gasteiger partial charge on any atom is 0.0597 e. The van der Waals surface area contributed by atoms with E-state index >= 15 is 0 Å². The van der Waals surface area contributed by atoms with Crippen molar-refractivity contribution in [3.8, 4) is 0 Å². The number of nitrogens with zero attached hydrogens (tertiary/aromatic N) is 2. The zero-order valence-electron chi connectivity index (χ0n) is 10.7. The molecular formula is C12H22ClN3. The summed E-state index contributed by atoms with van der Waals surface area (Å²) >= 11 is 6.05. The van der Waals surface area contributed by atoms with Crippen molar-refractivity contribution in [3.05, 3.63) is 17.5 Å². The molecule has 1 aromatic rings. The summed E-state index contributed by atoms with van der Waals surface area (Å²) < 4.78 is 1.92. The van der Waals surface area contributed by atoms with Gasteiger partial charge in [-0.25, -0.2) is 0 Å². The molecule has 0 aliphatic carbocycles. The van der Waals surface area contributed by atoms with Crippen molar-refractivity contribution < 1.29 is 0 Å². The van der Waals surface area contributed by atoms with Crippen molar-refractivity contribution in [2.24, 2.45) is 7.05 Å². The quantitative estimate of drug-likeness (QED) is 0.779. The third kappa shape index (κ3) is 2.98. The lowest BCUT2D eigenvalue weighted by Crippen LogP contribution is -2.45. The summed E-state index contributed by atoms with van der Waals surface area (Å²) in [6, 6.07) is 2.11. The van der Waals surface area contributed by atoms with E-state index in [9.17, 15) is 0 Å². The van der Waals surface area contributed by atoms with Gasteiger partial charge in [0.1, 0.15) is 0 Å². The maximum absolute atomic E-state index is 6.05. The van der Waals surface area contributed by atoms with E-state index in [2.05, 4.69) is 30.3 Å². The highest BCUT2D eigenvalue weighted by molar-refractivity contribution is 6.18. The summed E-state index contributed by atoms with van der Waals surface area (Å²) in [6.45, 7) is 7.18. The van der Waals surface area contributed by atoms with Gasteiger partial charge >= 0.3 is 0 Å². The number of hydrogen-bond donors (Lipinski definition) is 1. The molecule has 1 rings (SSSR count). The first-order valence-electron chi connectivity index (χ1n) is 5.87. The molecule has 0 spiro atoms. The highest BCUT2D eigenvalue weighted by Crippen LogP contribution is 2.17. The largest absolute Gasteiger partial charge is 0.304 e. The molecule has 0 radical (unpaired) electrons. The van der Waals surface area contributed by atoms with Gasteiger partial charge in [0.25, 0.3) is 0 Å². The van der Waals surface area contributed by atoms with Gasteiger partial charge in [0.2, 0.25) is 0 Å². The second-order valence-electron chi connectivity index (χ2n) is 4.38. The van der Waals surface area contributed by atoms with Crippen LogP contribution in [-0.2, 0) is 13.6 Å². The summed E-state index contributed by atoms with van der Waals surface area (Å²) in [5.74, 6) is 0.650. The van der Waals surface area contributed by atoms with Gasteiger partial charge in [0, 0.05) is 25.0 Å². The van der Waals surface area contributed by atoms with Crippen molar-refractivity contribution in [1.82, 2.24) is 15.1 Å². The summed E-state index contributed by atoms with van der Waals surface area (Å²) in [5, 5.41) is 7.89. The fourth-order valence-corrected chi connectivity index (χ4v) is 2.32. The summed E-state index contributed by atoms with van der Waals surface area (Å²) in [7, 11) is 1.98. The summed E-state index contributed by atoms with van der Waals surface area (Å²) in [4.78, 5) is 0. The third-order valence-electron chi connectivity index (χ3n) is 3.35. The Kier molecular flexibility index (Phi) is 4.81. The average Bonchev–Trinajstić information content (AvgIpc) is 2.60. The molecule has 0 aromatic carbocycles. The second-order valence-corrected chi connectivity index (χ2v) is 4.64. The van der Waals surface area contributed by atoms with Crippen LogP contribution in [0.25, 0.3) is 0 Å². The van der Waals surface area contributed by atoms with E-state index in [0.717, 1.165) is 25.1 Å². The molecule has 4 heteroatoms. The molecule has 0 unspecified atom stereocenters. The van der Waals surface area contributed by atoms with Crippen molar-refractivity contribution >= 4 is 11.6 Å². The van der Waals surface area contributed by atoms with Gasteiger partial charge in [-0.1, -0.05) is 13.8 Å². The van der Waals surface area contributed by atoms with Gasteiger partial charge in [-0.3, -0.25) is 4.68 Å². The van der Waals surface area contributed by atoms with Crippen LogP contribution >= 0.6 is 11.6 Å². The van der Waals surface area contributed by atoms with Gasteiger partial charge in [0.15, 0.2) is 0 Å². The van der Waals surface area contributed by atoms with E-state index in [1.165, 1.54) is 5.69 Å². The lowest BCUT2D eigenvalue weighted by atomic mass is 9.95. The molecule has 92 valence electrons. The Morgan fingerprint density at radius 2 is 2.06 bits per heavy atom. The maximum atomic E-state index is 6.05. The molecule has 3 nitrogen and oxygen atoms in total. The van der Waals surface area contributed by atoms with Crippen LogP contribution in [-0.4, -0.2) is 21.2 Å². The van der Waals surface area contributed by atoms with Crippen LogP contribution in [0, 0.1) is 6.92 Å². The standard InChI is InChI=1S/C12H22ClN3/c1-5-12(6-2,9-13)14-8-11-7-10(3)15-16(11)4/h7,14H,5-6,8-9H2,1-4H3. The minimum absolute atomic E-state index is 0.0553. The van der Waals surface area contributed by atoms with E-state index in [1.54, 1.807) is 0 Å². The number of nitrogens with one attached hydrogen (secondary N) is 1. The Morgan fingerprint density at radius 3 is 2.44 bits per heavy atom. The Bertz CT molecular complexity index is 321. The van der Waals surface area contributed by atoms with Crippen LogP contribution in [0.3, 0.4) is 0 Å². The van der Waals surface area contributed by atoms with Gasteiger partial charge in [-0.15, -0.1) is 11.6 Å². The van der Waals surface area contributed by atoms with Crippen LogP contribution in [0.2, 0.25) is 0 Å². The van der Waals surface area contributed by atoms with Gasteiger partial charge < -0.3 is 5.32 Å².